The van der Waals surface area contributed by atoms with Gasteiger partial charge in [0.25, 0.3) is 0 Å². The van der Waals surface area contributed by atoms with Crippen molar-refractivity contribution in [1.82, 2.24) is 20.2 Å². The van der Waals surface area contributed by atoms with Gasteiger partial charge in [0.15, 0.2) is 5.82 Å². The summed E-state index contributed by atoms with van der Waals surface area (Å²) >= 11 is 0. The van der Waals surface area contributed by atoms with Crippen molar-refractivity contribution in [3.05, 3.63) is 41.2 Å². The summed E-state index contributed by atoms with van der Waals surface area (Å²) in [6, 6.07) is 7.84. The number of aryl methyl sites for hydroxylation is 1. The lowest BCUT2D eigenvalue weighted by Gasteiger charge is -2.19. The van der Waals surface area contributed by atoms with Gasteiger partial charge < -0.3 is 5.11 Å². The third kappa shape index (κ3) is 3.17. The maximum Gasteiger partial charge on any atom is 0.156 e. The van der Waals surface area contributed by atoms with Crippen LogP contribution in [0.15, 0.2) is 24.3 Å². The summed E-state index contributed by atoms with van der Waals surface area (Å²) in [5, 5.41) is 22.0. The topological polar surface area (TPSA) is 63.8 Å². The molecule has 5 nitrogen and oxygen atoms in total. The molecule has 0 saturated heterocycles. The van der Waals surface area contributed by atoms with Gasteiger partial charge in [-0.2, -0.15) is 0 Å². The fraction of sp³-hybridized carbons (Fsp3) is 0.500. The Labute approximate surface area is 113 Å². The fourth-order valence-corrected chi connectivity index (χ4v) is 1.92. The van der Waals surface area contributed by atoms with Gasteiger partial charge in [0.1, 0.15) is 0 Å². The van der Waals surface area contributed by atoms with Crippen molar-refractivity contribution in [2.45, 2.75) is 45.8 Å². The zero-order chi connectivity index (χ0) is 14.0. The molecule has 1 heterocycles. The Morgan fingerprint density at radius 1 is 1.21 bits per heavy atom. The summed E-state index contributed by atoms with van der Waals surface area (Å²) < 4.78 is 1.67. The average molecular weight is 260 g/mol. The first-order valence-electron chi connectivity index (χ1n) is 6.39. The van der Waals surface area contributed by atoms with E-state index in [1.54, 1.807) is 4.68 Å². The number of aliphatic hydroxyl groups is 1. The molecule has 2 aromatic rings. The van der Waals surface area contributed by atoms with Crippen LogP contribution in [-0.4, -0.2) is 25.3 Å². The third-order valence-electron chi connectivity index (χ3n) is 3.01. The summed E-state index contributed by atoms with van der Waals surface area (Å²) in [5.41, 5.74) is 1.91. The Hall–Kier alpha value is -1.75. The van der Waals surface area contributed by atoms with Crippen LogP contribution in [0.25, 0.3) is 0 Å². The third-order valence-corrected chi connectivity index (χ3v) is 3.01. The van der Waals surface area contributed by atoms with E-state index in [-0.39, 0.29) is 5.41 Å². The molecular formula is C14H20N4O. The van der Waals surface area contributed by atoms with E-state index in [2.05, 4.69) is 15.5 Å². The highest BCUT2D eigenvalue weighted by molar-refractivity contribution is 5.23. The zero-order valence-electron chi connectivity index (χ0n) is 11.8. The first-order valence-corrected chi connectivity index (χ1v) is 6.39. The number of nitrogens with zero attached hydrogens (tertiary/aromatic N) is 4. The summed E-state index contributed by atoms with van der Waals surface area (Å²) in [6.07, 6.45) is -0.606. The van der Waals surface area contributed by atoms with Gasteiger partial charge in [0.2, 0.25) is 0 Å². The smallest absolute Gasteiger partial charge is 0.156 e. The number of aliphatic hydroxyl groups excluding tert-OH is 1. The molecular weight excluding hydrogens is 240 g/mol. The van der Waals surface area contributed by atoms with Crippen LogP contribution in [0, 0.1) is 6.92 Å². The van der Waals surface area contributed by atoms with Gasteiger partial charge in [-0.3, -0.25) is 0 Å². The molecule has 0 amide bonds. The second kappa shape index (κ2) is 5.09. The minimum absolute atomic E-state index is 0.142. The maximum atomic E-state index is 10.3. The number of benzene rings is 1. The van der Waals surface area contributed by atoms with Crippen LogP contribution in [0.2, 0.25) is 0 Å². The van der Waals surface area contributed by atoms with E-state index in [4.69, 9.17) is 0 Å². The van der Waals surface area contributed by atoms with Crippen LogP contribution < -0.4 is 0 Å². The van der Waals surface area contributed by atoms with Gasteiger partial charge in [-0.25, -0.2) is 4.68 Å². The second-order valence-electron chi connectivity index (χ2n) is 5.86. The van der Waals surface area contributed by atoms with E-state index >= 15 is 0 Å². The Morgan fingerprint density at radius 3 is 2.42 bits per heavy atom. The van der Waals surface area contributed by atoms with Gasteiger partial charge in [-0.05, 0) is 22.9 Å². The van der Waals surface area contributed by atoms with Crippen molar-refractivity contribution in [1.29, 1.82) is 0 Å². The molecule has 1 atom stereocenters. The predicted molar refractivity (Wildman–Crippen MR) is 72.7 cm³/mol. The summed E-state index contributed by atoms with van der Waals surface area (Å²) in [6.45, 7) is 8.53. The molecule has 102 valence electrons. The van der Waals surface area contributed by atoms with E-state index in [9.17, 15) is 5.11 Å². The SMILES string of the molecule is Cc1ccc(C(O)Cn2nnnc2C(C)(C)C)cc1. The molecule has 0 aliphatic rings. The number of tetrazole rings is 1. The normalized spacial score (nSPS) is 13.5. The molecule has 1 aromatic heterocycles. The van der Waals surface area contributed by atoms with Crippen molar-refractivity contribution in [3.8, 4) is 0 Å². The number of hydrogen-bond acceptors (Lipinski definition) is 4. The monoisotopic (exact) mass is 260 g/mol. The lowest BCUT2D eigenvalue weighted by atomic mass is 9.95. The van der Waals surface area contributed by atoms with Gasteiger partial charge in [0.05, 0.1) is 12.6 Å². The molecule has 0 aliphatic heterocycles. The lowest BCUT2D eigenvalue weighted by Crippen LogP contribution is -2.22. The zero-order valence-corrected chi connectivity index (χ0v) is 11.8. The summed E-state index contributed by atoms with van der Waals surface area (Å²) in [7, 11) is 0. The van der Waals surface area contributed by atoms with Crippen LogP contribution in [0.1, 0.15) is 43.8 Å². The molecule has 19 heavy (non-hydrogen) atoms. The van der Waals surface area contributed by atoms with Crippen molar-refractivity contribution in [3.63, 3.8) is 0 Å². The van der Waals surface area contributed by atoms with Gasteiger partial charge in [-0.15, -0.1) is 5.10 Å². The quantitative estimate of drug-likeness (QED) is 0.917. The van der Waals surface area contributed by atoms with Crippen molar-refractivity contribution >= 4 is 0 Å². The largest absolute Gasteiger partial charge is 0.386 e. The van der Waals surface area contributed by atoms with E-state index in [1.807, 2.05) is 52.0 Å². The highest BCUT2D eigenvalue weighted by atomic mass is 16.3. The molecule has 0 spiro atoms. The predicted octanol–water partition coefficient (Wildman–Crippen LogP) is 2.01. The Morgan fingerprint density at radius 2 is 1.84 bits per heavy atom. The van der Waals surface area contributed by atoms with E-state index in [0.29, 0.717) is 6.54 Å². The minimum atomic E-state index is -0.606. The lowest BCUT2D eigenvalue weighted by molar-refractivity contribution is 0.147. The number of hydrogen-bond donors (Lipinski definition) is 1. The van der Waals surface area contributed by atoms with Gasteiger partial charge in [0, 0.05) is 5.41 Å². The highest BCUT2D eigenvalue weighted by Gasteiger charge is 2.23. The molecule has 5 heteroatoms. The molecule has 0 radical (unpaired) electrons. The molecule has 0 saturated carbocycles. The maximum absolute atomic E-state index is 10.3. The van der Waals surface area contributed by atoms with E-state index in [1.165, 1.54) is 5.56 Å². The average Bonchev–Trinajstić information content (AvgIpc) is 2.77. The number of aromatic nitrogens is 4. The molecule has 0 fully saturated rings. The highest BCUT2D eigenvalue weighted by Crippen LogP contribution is 2.21. The Balaban J connectivity index is 2.18. The van der Waals surface area contributed by atoms with Crippen molar-refractivity contribution in [2.24, 2.45) is 0 Å². The van der Waals surface area contributed by atoms with Gasteiger partial charge in [-0.1, -0.05) is 50.6 Å². The molecule has 0 aliphatic carbocycles. The summed E-state index contributed by atoms with van der Waals surface area (Å²) in [5.74, 6) is 0.777. The Bertz CT molecular complexity index is 539. The second-order valence-corrected chi connectivity index (χ2v) is 5.86. The van der Waals surface area contributed by atoms with Crippen molar-refractivity contribution in [2.75, 3.05) is 0 Å². The standard InChI is InChI=1S/C14H20N4O/c1-10-5-7-11(8-6-10)12(19)9-18-13(14(2,3)4)15-16-17-18/h5-8,12,19H,9H2,1-4H3. The first-order chi connectivity index (χ1) is 8.88. The van der Waals surface area contributed by atoms with Crippen LogP contribution in [0.5, 0.6) is 0 Å². The van der Waals surface area contributed by atoms with Crippen LogP contribution in [0.3, 0.4) is 0 Å². The fourth-order valence-electron chi connectivity index (χ4n) is 1.92. The first kappa shape index (κ1) is 13.7. The van der Waals surface area contributed by atoms with E-state index < -0.39 is 6.10 Å². The van der Waals surface area contributed by atoms with Crippen LogP contribution in [-0.2, 0) is 12.0 Å². The van der Waals surface area contributed by atoms with Crippen LogP contribution in [0.4, 0.5) is 0 Å². The Kier molecular flexibility index (Phi) is 3.66. The summed E-state index contributed by atoms with van der Waals surface area (Å²) in [4.78, 5) is 0. The van der Waals surface area contributed by atoms with Crippen LogP contribution >= 0.6 is 0 Å². The molecule has 0 bridgehead atoms. The molecule has 1 aromatic carbocycles. The minimum Gasteiger partial charge on any atom is -0.386 e. The number of rotatable bonds is 3. The van der Waals surface area contributed by atoms with E-state index in [0.717, 1.165) is 11.4 Å². The van der Waals surface area contributed by atoms with Gasteiger partial charge >= 0.3 is 0 Å². The molecule has 1 unspecified atom stereocenters. The van der Waals surface area contributed by atoms with Crippen molar-refractivity contribution < 1.29 is 5.11 Å². The molecule has 1 N–H and O–H groups in total. The molecule has 2 rings (SSSR count).